The van der Waals surface area contributed by atoms with Crippen molar-refractivity contribution in [1.29, 1.82) is 0 Å². The molecule has 1 aliphatic heterocycles. The van der Waals surface area contributed by atoms with Crippen molar-refractivity contribution in [2.24, 2.45) is 7.05 Å². The fraction of sp³-hybridized carbons (Fsp3) is 0.429. The number of carbonyl (C=O) groups is 1. The largest absolute Gasteiger partial charge is 0.331 e. The van der Waals surface area contributed by atoms with Gasteiger partial charge in [0.1, 0.15) is 5.69 Å². The quantitative estimate of drug-likeness (QED) is 0.628. The van der Waals surface area contributed by atoms with Gasteiger partial charge < -0.3 is 10.2 Å². The Bertz CT molecular complexity index is 1180. The summed E-state index contributed by atoms with van der Waals surface area (Å²) < 4.78 is 3.52. The minimum atomic E-state index is -0.0798. The van der Waals surface area contributed by atoms with E-state index in [-0.39, 0.29) is 23.7 Å². The minimum absolute atomic E-state index is 0.0420. The SMILES string of the molecule is Cn1c(C(=O)N2CCNCC2Cc2ccccc2)c(-c2ccccc2)n(C2CCCCC2)c1=O. The van der Waals surface area contributed by atoms with Gasteiger partial charge in [-0.05, 0) is 24.8 Å². The Morgan fingerprint density at radius 3 is 2.35 bits per heavy atom. The first kappa shape index (κ1) is 22.7. The van der Waals surface area contributed by atoms with Crippen LogP contribution in [-0.2, 0) is 13.5 Å². The number of hydrogen-bond donors (Lipinski definition) is 1. The van der Waals surface area contributed by atoms with E-state index in [1.54, 1.807) is 11.6 Å². The highest BCUT2D eigenvalue weighted by Gasteiger charge is 2.34. The predicted molar refractivity (Wildman–Crippen MR) is 135 cm³/mol. The second-order valence-corrected chi connectivity index (χ2v) is 9.61. The van der Waals surface area contributed by atoms with Crippen molar-refractivity contribution in [2.45, 2.75) is 50.6 Å². The molecule has 0 bridgehead atoms. The second kappa shape index (κ2) is 10.0. The van der Waals surface area contributed by atoms with E-state index in [2.05, 4.69) is 17.4 Å². The molecule has 5 rings (SSSR count). The molecular weight excluding hydrogens is 424 g/mol. The molecule has 6 nitrogen and oxygen atoms in total. The zero-order valence-electron chi connectivity index (χ0n) is 20.0. The van der Waals surface area contributed by atoms with Crippen LogP contribution in [0.1, 0.15) is 54.2 Å². The number of carbonyl (C=O) groups excluding carboxylic acids is 1. The summed E-state index contributed by atoms with van der Waals surface area (Å²) >= 11 is 0. The molecule has 2 aliphatic rings. The van der Waals surface area contributed by atoms with Crippen LogP contribution in [0.5, 0.6) is 0 Å². The number of nitrogens with zero attached hydrogens (tertiary/aromatic N) is 3. The van der Waals surface area contributed by atoms with Crippen molar-refractivity contribution in [3.8, 4) is 11.3 Å². The first-order valence-corrected chi connectivity index (χ1v) is 12.6. The van der Waals surface area contributed by atoms with Gasteiger partial charge in [0.05, 0.1) is 5.69 Å². The van der Waals surface area contributed by atoms with Crippen LogP contribution in [0.4, 0.5) is 0 Å². The summed E-state index contributed by atoms with van der Waals surface area (Å²) in [7, 11) is 1.76. The molecule has 34 heavy (non-hydrogen) atoms. The molecule has 3 aromatic rings. The lowest BCUT2D eigenvalue weighted by Crippen LogP contribution is -2.55. The number of benzene rings is 2. The van der Waals surface area contributed by atoms with E-state index in [0.717, 1.165) is 56.5 Å². The third-order valence-corrected chi connectivity index (χ3v) is 7.41. The van der Waals surface area contributed by atoms with Crippen LogP contribution >= 0.6 is 0 Å². The summed E-state index contributed by atoms with van der Waals surface area (Å²) in [4.78, 5) is 29.8. The highest BCUT2D eigenvalue weighted by Crippen LogP contribution is 2.34. The van der Waals surface area contributed by atoms with E-state index in [1.807, 2.05) is 58.0 Å². The first-order chi connectivity index (χ1) is 16.6. The van der Waals surface area contributed by atoms with Gasteiger partial charge in [0.2, 0.25) is 0 Å². The van der Waals surface area contributed by atoms with Gasteiger partial charge in [0.25, 0.3) is 5.91 Å². The third-order valence-electron chi connectivity index (χ3n) is 7.41. The Hall–Kier alpha value is -3.12. The molecule has 1 unspecified atom stereocenters. The van der Waals surface area contributed by atoms with E-state index in [1.165, 1.54) is 12.0 Å². The van der Waals surface area contributed by atoms with E-state index in [4.69, 9.17) is 0 Å². The number of rotatable bonds is 5. The molecule has 0 radical (unpaired) electrons. The van der Waals surface area contributed by atoms with Gasteiger partial charge in [-0.2, -0.15) is 0 Å². The molecule has 1 saturated carbocycles. The number of amides is 1. The van der Waals surface area contributed by atoms with Crippen LogP contribution in [0.25, 0.3) is 11.3 Å². The number of hydrogen-bond acceptors (Lipinski definition) is 3. The molecule has 6 heteroatoms. The van der Waals surface area contributed by atoms with Crippen molar-refractivity contribution in [3.05, 3.63) is 82.4 Å². The Morgan fingerprint density at radius 2 is 1.65 bits per heavy atom. The van der Waals surface area contributed by atoms with Crippen molar-refractivity contribution < 1.29 is 4.79 Å². The lowest BCUT2D eigenvalue weighted by Gasteiger charge is -2.36. The Kier molecular flexibility index (Phi) is 6.68. The Morgan fingerprint density at radius 1 is 0.971 bits per heavy atom. The number of imidazole rings is 1. The van der Waals surface area contributed by atoms with Crippen LogP contribution in [0.15, 0.2) is 65.5 Å². The molecular formula is C28H34N4O2. The van der Waals surface area contributed by atoms with Gasteiger partial charge in [0, 0.05) is 44.3 Å². The van der Waals surface area contributed by atoms with Gasteiger partial charge in [-0.15, -0.1) is 0 Å². The average molecular weight is 459 g/mol. The average Bonchev–Trinajstić information content (AvgIpc) is 3.16. The summed E-state index contributed by atoms with van der Waals surface area (Å²) in [6.07, 6.45) is 6.23. The number of aromatic nitrogens is 2. The lowest BCUT2D eigenvalue weighted by atomic mass is 9.94. The molecule has 1 amide bonds. The maximum atomic E-state index is 14.2. The van der Waals surface area contributed by atoms with E-state index >= 15 is 0 Å². The highest BCUT2D eigenvalue weighted by atomic mass is 16.2. The predicted octanol–water partition coefficient (Wildman–Crippen LogP) is 4.02. The standard InChI is InChI=1S/C28H34N4O2/c1-30-26(27(33)31-18-17-29-20-24(31)19-21-11-5-2-6-12-21)25(22-13-7-3-8-14-22)32(28(30)34)23-15-9-4-10-16-23/h2-3,5-8,11-14,23-24,29H,4,9-10,15-20H2,1H3. The smallest absolute Gasteiger partial charge is 0.329 e. The summed E-state index contributed by atoms with van der Waals surface area (Å²) in [5.41, 5.74) is 3.36. The number of nitrogens with one attached hydrogen (secondary N) is 1. The maximum Gasteiger partial charge on any atom is 0.329 e. The summed E-state index contributed by atoms with van der Waals surface area (Å²) in [5.74, 6) is -0.0459. The summed E-state index contributed by atoms with van der Waals surface area (Å²) in [6.45, 7) is 2.14. The van der Waals surface area contributed by atoms with Crippen LogP contribution in [0, 0.1) is 0 Å². The first-order valence-electron chi connectivity index (χ1n) is 12.6. The zero-order chi connectivity index (χ0) is 23.5. The van der Waals surface area contributed by atoms with Crippen molar-refractivity contribution >= 4 is 5.91 Å². The van der Waals surface area contributed by atoms with Crippen LogP contribution in [-0.4, -0.2) is 45.6 Å². The van der Waals surface area contributed by atoms with Gasteiger partial charge >= 0.3 is 5.69 Å². The van der Waals surface area contributed by atoms with Crippen LogP contribution in [0.2, 0.25) is 0 Å². The van der Waals surface area contributed by atoms with E-state index in [9.17, 15) is 9.59 Å². The van der Waals surface area contributed by atoms with Gasteiger partial charge in [-0.25, -0.2) is 4.79 Å². The van der Waals surface area contributed by atoms with E-state index in [0.29, 0.717) is 12.2 Å². The lowest BCUT2D eigenvalue weighted by molar-refractivity contribution is 0.0626. The molecule has 2 heterocycles. The molecule has 1 aromatic heterocycles. The maximum absolute atomic E-state index is 14.2. The molecule has 2 aromatic carbocycles. The van der Waals surface area contributed by atoms with Crippen LogP contribution < -0.4 is 11.0 Å². The molecule has 1 aliphatic carbocycles. The molecule has 178 valence electrons. The molecule has 2 fully saturated rings. The molecule has 1 saturated heterocycles. The van der Waals surface area contributed by atoms with Crippen LogP contribution in [0.3, 0.4) is 0 Å². The summed E-state index contributed by atoms with van der Waals surface area (Å²) in [6, 6.07) is 20.5. The van der Waals surface area contributed by atoms with Gasteiger partial charge in [-0.1, -0.05) is 79.9 Å². The Balaban J connectivity index is 1.58. The summed E-state index contributed by atoms with van der Waals surface area (Å²) in [5, 5.41) is 3.45. The monoisotopic (exact) mass is 458 g/mol. The molecule has 1 N–H and O–H groups in total. The van der Waals surface area contributed by atoms with E-state index < -0.39 is 0 Å². The highest BCUT2D eigenvalue weighted by molar-refractivity contribution is 5.99. The fourth-order valence-corrected chi connectivity index (χ4v) is 5.65. The Labute approximate surface area is 201 Å². The zero-order valence-corrected chi connectivity index (χ0v) is 20.0. The second-order valence-electron chi connectivity index (χ2n) is 9.61. The van der Waals surface area contributed by atoms with Gasteiger partial charge in [-0.3, -0.25) is 13.9 Å². The van der Waals surface area contributed by atoms with Gasteiger partial charge in [0.15, 0.2) is 0 Å². The molecule has 0 spiro atoms. The van der Waals surface area contributed by atoms with Crippen molar-refractivity contribution in [2.75, 3.05) is 19.6 Å². The normalized spacial score (nSPS) is 19.3. The third kappa shape index (κ3) is 4.34. The fourth-order valence-electron chi connectivity index (χ4n) is 5.65. The molecule has 1 atom stereocenters. The van der Waals surface area contributed by atoms with Crippen molar-refractivity contribution in [1.82, 2.24) is 19.4 Å². The topological polar surface area (TPSA) is 59.3 Å². The van der Waals surface area contributed by atoms with Crippen molar-refractivity contribution in [3.63, 3.8) is 0 Å². The minimum Gasteiger partial charge on any atom is -0.331 e. The number of piperazine rings is 1.